The monoisotopic (exact) mass is 554 g/mol. The van der Waals surface area contributed by atoms with E-state index in [4.69, 9.17) is 17.0 Å². The van der Waals surface area contributed by atoms with E-state index >= 15 is 0 Å². The van der Waals surface area contributed by atoms with Crippen molar-refractivity contribution >= 4 is 46.8 Å². The average molecular weight is 555 g/mol. The number of ether oxygens (including phenoxy) is 1. The molecule has 2 aromatic carbocycles. The van der Waals surface area contributed by atoms with Gasteiger partial charge in [0.1, 0.15) is 28.2 Å². The Bertz CT molecular complexity index is 1510. The van der Waals surface area contributed by atoms with E-state index in [1.807, 2.05) is 31.2 Å². The van der Waals surface area contributed by atoms with Gasteiger partial charge in [-0.25, -0.2) is 4.98 Å². The largest absolute Gasteiger partial charge is 0.496 e. The Morgan fingerprint density at radius 1 is 1.21 bits per heavy atom. The summed E-state index contributed by atoms with van der Waals surface area (Å²) in [5.74, 6) is 0.372. The minimum absolute atomic E-state index is 0.0163. The molecule has 2 heterocycles. The summed E-state index contributed by atoms with van der Waals surface area (Å²) in [6.45, 7) is 3.37. The number of anilines is 1. The summed E-state index contributed by atoms with van der Waals surface area (Å²) in [6.07, 6.45) is -2.99. The van der Waals surface area contributed by atoms with E-state index in [1.54, 1.807) is 30.3 Å². The maximum atomic E-state index is 13.3. The van der Waals surface area contributed by atoms with Gasteiger partial charge in [-0.3, -0.25) is 9.69 Å². The predicted octanol–water partition coefficient (Wildman–Crippen LogP) is 6.15. The third-order valence-corrected chi connectivity index (χ3v) is 7.01. The van der Waals surface area contributed by atoms with Crippen molar-refractivity contribution in [2.75, 3.05) is 12.0 Å². The number of rotatable bonds is 6. The topological polar surface area (TPSA) is 78.2 Å². The van der Waals surface area contributed by atoms with Gasteiger partial charge in [0, 0.05) is 11.3 Å². The molecule has 1 aliphatic heterocycles. The summed E-state index contributed by atoms with van der Waals surface area (Å²) in [7, 11) is 1.48. The van der Waals surface area contributed by atoms with Crippen molar-refractivity contribution < 1.29 is 22.7 Å². The first-order chi connectivity index (χ1) is 18.0. The zero-order valence-electron chi connectivity index (χ0n) is 20.5. The molecule has 6 nitrogen and oxygen atoms in total. The van der Waals surface area contributed by atoms with Crippen LogP contribution in [0, 0.1) is 25.2 Å². The van der Waals surface area contributed by atoms with Crippen LogP contribution in [0.3, 0.4) is 0 Å². The zero-order chi connectivity index (χ0) is 27.6. The molecule has 0 radical (unpaired) electrons. The van der Waals surface area contributed by atoms with E-state index in [0.717, 1.165) is 23.4 Å². The number of nitrogens with one attached hydrogen (secondary N) is 1. The number of benzene rings is 2. The molecular formula is C27H21F3N4O2S2. The Kier molecular flexibility index (Phi) is 7.76. The molecule has 3 aromatic rings. The van der Waals surface area contributed by atoms with Gasteiger partial charge in [-0.05, 0) is 79.2 Å². The van der Waals surface area contributed by atoms with Crippen LogP contribution in [0.1, 0.15) is 33.5 Å². The van der Waals surface area contributed by atoms with E-state index in [1.165, 1.54) is 18.9 Å². The molecule has 38 heavy (non-hydrogen) atoms. The number of nitrogens with zero attached hydrogens (tertiary/aromatic N) is 3. The molecule has 194 valence electrons. The van der Waals surface area contributed by atoms with Crippen LogP contribution in [0.5, 0.6) is 5.75 Å². The Morgan fingerprint density at radius 2 is 1.97 bits per heavy atom. The fourth-order valence-electron chi connectivity index (χ4n) is 3.88. The van der Waals surface area contributed by atoms with E-state index in [-0.39, 0.29) is 38.6 Å². The van der Waals surface area contributed by atoms with Crippen LogP contribution in [0.2, 0.25) is 0 Å². The molecule has 1 aliphatic rings. The highest BCUT2D eigenvalue weighted by Gasteiger charge is 2.34. The SMILES string of the molecule is COc1ccc(/C=C2/NC(=S)N(c3cccc(C)c3)C2=O)cc1CSc1nc(C(F)(F)F)cc(C)c1C#N. The number of amides is 1. The molecule has 0 saturated carbocycles. The summed E-state index contributed by atoms with van der Waals surface area (Å²) < 4.78 is 45.3. The standard InChI is InChI=1S/C27H21F3N4O2S2/c1-15-5-4-6-19(9-15)34-25(35)21(32-26(34)37)12-17-7-8-22(36-3)18(11-17)14-38-24-20(13-31)16(2)10-23(33-24)27(28,29)30/h4-12H,14H2,1-3H3,(H,32,37)/b21-12+. The Hall–Kier alpha value is -3.88. The molecule has 1 aromatic heterocycles. The quantitative estimate of drug-likeness (QED) is 0.222. The highest BCUT2D eigenvalue weighted by molar-refractivity contribution is 7.98. The van der Waals surface area contributed by atoms with Crippen molar-refractivity contribution in [1.82, 2.24) is 10.3 Å². The number of carbonyl (C=O) groups excluding carboxylic acids is 1. The molecule has 0 spiro atoms. The van der Waals surface area contributed by atoms with Crippen LogP contribution in [-0.2, 0) is 16.7 Å². The fourth-order valence-corrected chi connectivity index (χ4v) is 5.21. The number of hydrogen-bond acceptors (Lipinski definition) is 6. The molecule has 0 unspecified atom stereocenters. The van der Waals surface area contributed by atoms with E-state index in [0.29, 0.717) is 22.6 Å². The second-order valence-electron chi connectivity index (χ2n) is 8.44. The van der Waals surface area contributed by atoms with Crippen molar-refractivity contribution in [2.24, 2.45) is 0 Å². The number of thioether (sulfide) groups is 1. The number of alkyl halides is 3. The number of methoxy groups -OCH3 is 1. The summed E-state index contributed by atoms with van der Waals surface area (Å²) >= 11 is 6.39. The van der Waals surface area contributed by atoms with Crippen LogP contribution < -0.4 is 15.0 Å². The molecule has 1 fully saturated rings. The van der Waals surface area contributed by atoms with Gasteiger partial charge in [0.25, 0.3) is 5.91 Å². The van der Waals surface area contributed by atoms with Crippen LogP contribution >= 0.6 is 24.0 Å². The average Bonchev–Trinajstić information content (AvgIpc) is 3.14. The van der Waals surface area contributed by atoms with Crippen LogP contribution in [0.15, 0.2) is 59.3 Å². The lowest BCUT2D eigenvalue weighted by molar-refractivity contribution is -0.141. The second-order valence-corrected chi connectivity index (χ2v) is 9.79. The van der Waals surface area contributed by atoms with Crippen molar-refractivity contribution in [3.63, 3.8) is 0 Å². The maximum Gasteiger partial charge on any atom is 0.433 e. The number of aromatic nitrogens is 1. The third kappa shape index (κ3) is 5.66. The number of pyridine rings is 1. The summed E-state index contributed by atoms with van der Waals surface area (Å²) in [5, 5.41) is 12.7. The lowest BCUT2D eigenvalue weighted by Crippen LogP contribution is -2.30. The van der Waals surface area contributed by atoms with Gasteiger partial charge >= 0.3 is 6.18 Å². The lowest BCUT2D eigenvalue weighted by atomic mass is 10.1. The predicted molar refractivity (Wildman–Crippen MR) is 144 cm³/mol. The first-order valence-corrected chi connectivity index (χ1v) is 12.6. The smallest absolute Gasteiger partial charge is 0.433 e. The highest BCUT2D eigenvalue weighted by Crippen LogP contribution is 2.35. The molecule has 1 N–H and O–H groups in total. The first-order valence-electron chi connectivity index (χ1n) is 11.2. The number of nitriles is 1. The minimum Gasteiger partial charge on any atom is -0.496 e. The third-order valence-electron chi connectivity index (χ3n) is 5.70. The number of aryl methyl sites for hydroxylation is 2. The van der Waals surface area contributed by atoms with Gasteiger partial charge in [0.2, 0.25) is 0 Å². The van der Waals surface area contributed by atoms with Crippen LogP contribution in [0.25, 0.3) is 6.08 Å². The Morgan fingerprint density at radius 3 is 2.63 bits per heavy atom. The zero-order valence-corrected chi connectivity index (χ0v) is 22.1. The molecule has 1 saturated heterocycles. The van der Waals surface area contributed by atoms with Crippen molar-refractivity contribution in [3.8, 4) is 11.8 Å². The minimum atomic E-state index is -4.63. The number of thiocarbonyl (C=S) groups is 1. The normalized spacial score (nSPS) is 14.6. The molecule has 1 amide bonds. The Balaban J connectivity index is 1.62. The molecule has 11 heteroatoms. The second kappa shape index (κ2) is 10.8. The molecule has 0 aliphatic carbocycles. The van der Waals surface area contributed by atoms with Crippen LogP contribution in [-0.4, -0.2) is 23.1 Å². The molecule has 0 atom stereocenters. The lowest BCUT2D eigenvalue weighted by Gasteiger charge is -2.14. The molecule has 0 bridgehead atoms. The van der Waals surface area contributed by atoms with Gasteiger partial charge in [-0.2, -0.15) is 18.4 Å². The number of halogens is 3. The van der Waals surface area contributed by atoms with Gasteiger partial charge in [0.15, 0.2) is 5.11 Å². The van der Waals surface area contributed by atoms with Gasteiger partial charge < -0.3 is 10.1 Å². The summed E-state index contributed by atoms with van der Waals surface area (Å²) in [4.78, 5) is 18.2. The van der Waals surface area contributed by atoms with E-state index in [9.17, 15) is 23.2 Å². The van der Waals surface area contributed by atoms with Crippen LogP contribution in [0.4, 0.5) is 18.9 Å². The maximum absolute atomic E-state index is 13.3. The molecular weight excluding hydrogens is 533 g/mol. The van der Waals surface area contributed by atoms with E-state index in [2.05, 4.69) is 10.3 Å². The van der Waals surface area contributed by atoms with E-state index < -0.39 is 11.9 Å². The summed E-state index contributed by atoms with van der Waals surface area (Å²) in [5.41, 5.74) is 2.45. The van der Waals surface area contributed by atoms with Crippen molar-refractivity contribution in [1.29, 1.82) is 5.26 Å². The highest BCUT2D eigenvalue weighted by atomic mass is 32.2. The fraction of sp³-hybridized carbons (Fsp3) is 0.185. The van der Waals surface area contributed by atoms with Crippen molar-refractivity contribution in [3.05, 3.63) is 87.7 Å². The summed E-state index contributed by atoms with van der Waals surface area (Å²) in [6, 6.07) is 15.4. The molecule has 4 rings (SSSR count). The first kappa shape index (κ1) is 27.2. The van der Waals surface area contributed by atoms with Crippen molar-refractivity contribution in [2.45, 2.75) is 30.8 Å². The van der Waals surface area contributed by atoms with Gasteiger partial charge in [-0.15, -0.1) is 11.8 Å². The van der Waals surface area contributed by atoms with Gasteiger partial charge in [-0.1, -0.05) is 18.2 Å². The Labute approximate surface area is 227 Å². The number of carbonyl (C=O) groups is 1. The van der Waals surface area contributed by atoms with Gasteiger partial charge in [0.05, 0.1) is 18.4 Å². The number of hydrogen-bond donors (Lipinski definition) is 1.